The van der Waals surface area contributed by atoms with Crippen molar-refractivity contribution in [1.29, 1.82) is 0 Å². The standard InChI is InChI=1S/C17H26N2O3/c1-21-9-10-22-15-7-5-13(6-8-15)12-19-17(20)16-4-2-3-14(16)11-18/h5-8,14,16H,2-4,9-12,18H2,1H3,(H,19,20)/t14-,16-/m1/s1. The molecule has 1 amide bonds. The first-order valence-corrected chi connectivity index (χ1v) is 7.93. The Bertz CT molecular complexity index is 461. The van der Waals surface area contributed by atoms with Crippen molar-refractivity contribution in [2.24, 2.45) is 17.6 Å². The molecule has 1 aliphatic carbocycles. The minimum Gasteiger partial charge on any atom is -0.491 e. The lowest BCUT2D eigenvalue weighted by Crippen LogP contribution is -2.34. The summed E-state index contributed by atoms with van der Waals surface area (Å²) in [5.74, 6) is 1.37. The molecule has 2 atom stereocenters. The molecule has 5 nitrogen and oxygen atoms in total. The van der Waals surface area contributed by atoms with E-state index in [0.717, 1.165) is 30.6 Å². The van der Waals surface area contributed by atoms with E-state index in [4.69, 9.17) is 15.2 Å². The fourth-order valence-electron chi connectivity index (χ4n) is 2.93. The first kappa shape index (κ1) is 16.8. The minimum absolute atomic E-state index is 0.0849. The molecule has 0 radical (unpaired) electrons. The molecule has 1 aliphatic rings. The van der Waals surface area contributed by atoms with Crippen LogP contribution in [0.1, 0.15) is 24.8 Å². The van der Waals surface area contributed by atoms with Gasteiger partial charge in [0.15, 0.2) is 0 Å². The van der Waals surface area contributed by atoms with Gasteiger partial charge in [-0.3, -0.25) is 4.79 Å². The van der Waals surface area contributed by atoms with E-state index in [9.17, 15) is 4.79 Å². The molecule has 0 spiro atoms. The first-order valence-electron chi connectivity index (χ1n) is 7.93. The van der Waals surface area contributed by atoms with Crippen LogP contribution < -0.4 is 15.8 Å². The summed E-state index contributed by atoms with van der Waals surface area (Å²) in [6.07, 6.45) is 3.13. The molecule has 122 valence electrons. The van der Waals surface area contributed by atoms with Crippen molar-refractivity contribution in [3.8, 4) is 5.75 Å². The highest BCUT2D eigenvalue weighted by Gasteiger charge is 2.31. The van der Waals surface area contributed by atoms with Crippen molar-refractivity contribution in [2.45, 2.75) is 25.8 Å². The monoisotopic (exact) mass is 306 g/mol. The molecule has 3 N–H and O–H groups in total. The maximum atomic E-state index is 12.2. The first-order chi connectivity index (χ1) is 10.7. The van der Waals surface area contributed by atoms with Crippen molar-refractivity contribution in [3.05, 3.63) is 29.8 Å². The van der Waals surface area contributed by atoms with Gasteiger partial charge in [0.25, 0.3) is 0 Å². The number of amides is 1. The van der Waals surface area contributed by atoms with Gasteiger partial charge >= 0.3 is 0 Å². The SMILES string of the molecule is COCCOc1ccc(CNC(=O)[C@@H]2CCC[C@@H]2CN)cc1. The summed E-state index contributed by atoms with van der Waals surface area (Å²) in [6.45, 7) is 2.26. The highest BCUT2D eigenvalue weighted by atomic mass is 16.5. The number of hydrogen-bond donors (Lipinski definition) is 2. The third kappa shape index (κ3) is 4.71. The third-order valence-electron chi connectivity index (χ3n) is 4.24. The molecular weight excluding hydrogens is 280 g/mol. The van der Waals surface area contributed by atoms with Gasteiger partial charge < -0.3 is 20.5 Å². The van der Waals surface area contributed by atoms with Gasteiger partial charge in [0.2, 0.25) is 5.91 Å². The van der Waals surface area contributed by atoms with Crippen molar-refractivity contribution in [1.82, 2.24) is 5.32 Å². The van der Waals surface area contributed by atoms with Crippen LogP contribution in [-0.4, -0.2) is 32.8 Å². The summed E-state index contributed by atoms with van der Waals surface area (Å²) >= 11 is 0. The summed E-state index contributed by atoms with van der Waals surface area (Å²) < 4.78 is 10.4. The van der Waals surface area contributed by atoms with E-state index in [1.807, 2.05) is 24.3 Å². The largest absolute Gasteiger partial charge is 0.491 e. The summed E-state index contributed by atoms with van der Waals surface area (Å²) in [5.41, 5.74) is 6.80. The van der Waals surface area contributed by atoms with Gasteiger partial charge in [0.05, 0.1) is 6.61 Å². The van der Waals surface area contributed by atoms with Crippen molar-refractivity contribution in [2.75, 3.05) is 26.9 Å². The van der Waals surface area contributed by atoms with Crippen LogP contribution in [-0.2, 0) is 16.1 Å². The van der Waals surface area contributed by atoms with E-state index in [1.165, 1.54) is 0 Å². The zero-order chi connectivity index (χ0) is 15.8. The third-order valence-corrected chi connectivity index (χ3v) is 4.24. The minimum atomic E-state index is 0.0849. The lowest BCUT2D eigenvalue weighted by atomic mass is 9.95. The Morgan fingerprint density at radius 3 is 2.73 bits per heavy atom. The number of ether oxygens (including phenoxy) is 2. The van der Waals surface area contributed by atoms with Gasteiger partial charge in [-0.05, 0) is 43.0 Å². The van der Waals surface area contributed by atoms with Crippen LogP contribution in [0.25, 0.3) is 0 Å². The second-order valence-corrected chi connectivity index (χ2v) is 5.74. The predicted octanol–water partition coefficient (Wildman–Crippen LogP) is 1.70. The van der Waals surface area contributed by atoms with E-state index in [-0.39, 0.29) is 11.8 Å². The summed E-state index contributed by atoms with van der Waals surface area (Å²) in [5, 5.41) is 3.02. The molecule has 0 aliphatic heterocycles. The lowest BCUT2D eigenvalue weighted by Gasteiger charge is -2.17. The molecule has 1 fully saturated rings. The average Bonchev–Trinajstić information content (AvgIpc) is 3.03. The van der Waals surface area contributed by atoms with Crippen LogP contribution in [0.3, 0.4) is 0 Å². The van der Waals surface area contributed by atoms with Crippen molar-refractivity contribution < 1.29 is 14.3 Å². The fraction of sp³-hybridized carbons (Fsp3) is 0.588. The molecule has 2 rings (SSSR count). The fourth-order valence-corrected chi connectivity index (χ4v) is 2.93. The Hall–Kier alpha value is -1.59. The van der Waals surface area contributed by atoms with Crippen LogP contribution in [0, 0.1) is 11.8 Å². The number of rotatable bonds is 8. The van der Waals surface area contributed by atoms with Gasteiger partial charge in [-0.15, -0.1) is 0 Å². The predicted molar refractivity (Wildman–Crippen MR) is 85.5 cm³/mol. The maximum absolute atomic E-state index is 12.2. The van der Waals surface area contributed by atoms with E-state index in [2.05, 4.69) is 5.32 Å². The molecule has 0 aromatic heterocycles. The Kier molecular flexibility index (Phi) is 6.68. The van der Waals surface area contributed by atoms with Gasteiger partial charge in [-0.2, -0.15) is 0 Å². The van der Waals surface area contributed by atoms with Crippen LogP contribution >= 0.6 is 0 Å². The molecule has 22 heavy (non-hydrogen) atoms. The molecule has 1 saturated carbocycles. The number of methoxy groups -OCH3 is 1. The lowest BCUT2D eigenvalue weighted by molar-refractivity contribution is -0.126. The highest BCUT2D eigenvalue weighted by molar-refractivity contribution is 5.79. The number of nitrogens with one attached hydrogen (secondary N) is 1. The van der Waals surface area contributed by atoms with Gasteiger partial charge in [0, 0.05) is 19.6 Å². The summed E-state index contributed by atoms with van der Waals surface area (Å²) in [4.78, 5) is 12.2. The number of nitrogens with two attached hydrogens (primary N) is 1. The average molecular weight is 306 g/mol. The van der Waals surface area contributed by atoms with E-state index < -0.39 is 0 Å². The van der Waals surface area contributed by atoms with Gasteiger partial charge in [-0.1, -0.05) is 18.6 Å². The van der Waals surface area contributed by atoms with Crippen LogP contribution in [0.15, 0.2) is 24.3 Å². The van der Waals surface area contributed by atoms with E-state index >= 15 is 0 Å². The molecular formula is C17H26N2O3. The normalized spacial score (nSPS) is 20.8. The summed E-state index contributed by atoms with van der Waals surface area (Å²) in [7, 11) is 1.65. The molecule has 0 heterocycles. The number of carbonyl (C=O) groups is 1. The quantitative estimate of drug-likeness (QED) is 0.717. The Morgan fingerprint density at radius 2 is 2.05 bits per heavy atom. The second-order valence-electron chi connectivity index (χ2n) is 5.74. The van der Waals surface area contributed by atoms with Crippen molar-refractivity contribution >= 4 is 5.91 Å². The smallest absolute Gasteiger partial charge is 0.223 e. The number of carbonyl (C=O) groups excluding carboxylic acids is 1. The van der Waals surface area contributed by atoms with E-state index in [1.54, 1.807) is 7.11 Å². The molecule has 1 aromatic rings. The zero-order valence-electron chi connectivity index (χ0n) is 13.2. The number of hydrogen-bond acceptors (Lipinski definition) is 4. The molecule has 0 saturated heterocycles. The summed E-state index contributed by atoms with van der Waals surface area (Å²) in [6, 6.07) is 7.76. The van der Waals surface area contributed by atoms with Crippen molar-refractivity contribution in [3.63, 3.8) is 0 Å². The molecule has 0 bridgehead atoms. The van der Waals surface area contributed by atoms with Crippen LogP contribution in [0.2, 0.25) is 0 Å². The Morgan fingerprint density at radius 1 is 1.27 bits per heavy atom. The second kappa shape index (κ2) is 8.76. The Balaban J connectivity index is 1.77. The molecule has 1 aromatic carbocycles. The Labute approximate surface area is 132 Å². The topological polar surface area (TPSA) is 73.6 Å². The maximum Gasteiger partial charge on any atom is 0.223 e. The molecule has 5 heteroatoms. The van der Waals surface area contributed by atoms with Crippen LogP contribution in [0.5, 0.6) is 5.75 Å². The van der Waals surface area contributed by atoms with Crippen LogP contribution in [0.4, 0.5) is 0 Å². The zero-order valence-corrected chi connectivity index (χ0v) is 13.2. The van der Waals surface area contributed by atoms with E-state index in [0.29, 0.717) is 32.2 Å². The highest BCUT2D eigenvalue weighted by Crippen LogP contribution is 2.31. The van der Waals surface area contributed by atoms with Gasteiger partial charge in [-0.25, -0.2) is 0 Å². The molecule has 0 unspecified atom stereocenters. The van der Waals surface area contributed by atoms with Gasteiger partial charge in [0.1, 0.15) is 12.4 Å². The number of benzene rings is 1.